The highest BCUT2D eigenvalue weighted by Crippen LogP contribution is 2.29. The molecule has 0 amide bonds. The number of aliphatic hydroxyl groups is 1. The Kier molecular flexibility index (Phi) is 3.23. The van der Waals surface area contributed by atoms with Gasteiger partial charge in [0.2, 0.25) is 0 Å². The lowest BCUT2D eigenvalue weighted by Crippen LogP contribution is -2.14. The minimum absolute atomic E-state index is 0.0204. The third-order valence-electron chi connectivity index (χ3n) is 2.81. The van der Waals surface area contributed by atoms with Crippen molar-refractivity contribution in [3.8, 4) is 0 Å². The largest absolute Gasteiger partial charge is 0.392 e. The van der Waals surface area contributed by atoms with E-state index in [1.165, 1.54) is 0 Å². The van der Waals surface area contributed by atoms with E-state index in [0.29, 0.717) is 0 Å². The van der Waals surface area contributed by atoms with Gasteiger partial charge in [-0.1, -0.05) is 32.9 Å². The maximum atomic E-state index is 9.47. The van der Waals surface area contributed by atoms with Crippen LogP contribution in [0, 0.1) is 0 Å². The predicted octanol–water partition coefficient (Wildman–Crippen LogP) is 3.79. The molecule has 0 aliphatic carbocycles. The highest BCUT2D eigenvalue weighted by molar-refractivity contribution is 9.10. The van der Waals surface area contributed by atoms with E-state index in [2.05, 4.69) is 36.7 Å². The predicted molar refractivity (Wildman–Crippen MR) is 74.1 cm³/mol. The molecule has 0 unspecified atom stereocenters. The van der Waals surface area contributed by atoms with Crippen LogP contribution < -0.4 is 0 Å². The van der Waals surface area contributed by atoms with E-state index < -0.39 is 0 Å². The zero-order chi connectivity index (χ0) is 12.6. The van der Waals surface area contributed by atoms with Crippen molar-refractivity contribution < 1.29 is 5.11 Å². The maximum Gasteiger partial charge on any atom is 0.0851 e. The van der Waals surface area contributed by atoms with Crippen LogP contribution >= 0.6 is 15.9 Å². The van der Waals surface area contributed by atoms with Crippen molar-refractivity contribution in [2.45, 2.75) is 32.8 Å². The van der Waals surface area contributed by atoms with E-state index in [0.717, 1.165) is 26.6 Å². The van der Waals surface area contributed by atoms with Crippen molar-refractivity contribution in [2.24, 2.45) is 0 Å². The number of aromatic nitrogens is 1. The molecule has 0 fully saturated rings. The summed E-state index contributed by atoms with van der Waals surface area (Å²) in [7, 11) is 0. The number of hydrogen-bond acceptors (Lipinski definition) is 2. The normalized spacial score (nSPS) is 12.1. The molecule has 2 rings (SSSR count). The van der Waals surface area contributed by atoms with Crippen molar-refractivity contribution in [2.75, 3.05) is 0 Å². The SMILES string of the molecule is CC(C)(C)c1cc(CO)c2cccc(Br)c2n1. The summed E-state index contributed by atoms with van der Waals surface area (Å²) in [6, 6.07) is 7.92. The molecule has 2 nitrogen and oxygen atoms in total. The van der Waals surface area contributed by atoms with Crippen molar-refractivity contribution in [3.05, 3.63) is 40.0 Å². The summed E-state index contributed by atoms with van der Waals surface area (Å²) in [5.41, 5.74) is 2.83. The molecule has 1 aromatic heterocycles. The molecule has 0 bridgehead atoms. The number of fused-ring (bicyclic) bond motifs is 1. The van der Waals surface area contributed by atoms with Crippen molar-refractivity contribution >= 4 is 26.8 Å². The van der Waals surface area contributed by atoms with Crippen LogP contribution in [0.25, 0.3) is 10.9 Å². The molecule has 0 spiro atoms. The molecule has 1 heterocycles. The quantitative estimate of drug-likeness (QED) is 0.868. The summed E-state index contributed by atoms with van der Waals surface area (Å²) in [6.07, 6.45) is 0. The fourth-order valence-corrected chi connectivity index (χ4v) is 2.25. The summed E-state index contributed by atoms with van der Waals surface area (Å²) in [6.45, 7) is 6.41. The summed E-state index contributed by atoms with van der Waals surface area (Å²) in [5, 5.41) is 10.5. The van der Waals surface area contributed by atoms with Gasteiger partial charge in [-0.2, -0.15) is 0 Å². The molecule has 3 heteroatoms. The van der Waals surface area contributed by atoms with Crippen LogP contribution in [0.15, 0.2) is 28.7 Å². The van der Waals surface area contributed by atoms with Gasteiger partial charge in [-0.25, -0.2) is 0 Å². The minimum Gasteiger partial charge on any atom is -0.392 e. The molecule has 17 heavy (non-hydrogen) atoms. The molecule has 1 N–H and O–H groups in total. The highest BCUT2D eigenvalue weighted by Gasteiger charge is 2.18. The van der Waals surface area contributed by atoms with E-state index in [4.69, 9.17) is 4.98 Å². The van der Waals surface area contributed by atoms with Crippen LogP contribution in [-0.4, -0.2) is 10.1 Å². The summed E-state index contributed by atoms with van der Waals surface area (Å²) >= 11 is 3.52. The Bertz CT molecular complexity index is 558. The van der Waals surface area contributed by atoms with Gasteiger partial charge in [0, 0.05) is 21.0 Å². The molecule has 2 aromatic rings. The average molecular weight is 294 g/mol. The lowest BCUT2D eigenvalue weighted by Gasteiger charge is -2.20. The third-order valence-corrected chi connectivity index (χ3v) is 3.45. The molecule has 0 aliphatic rings. The smallest absolute Gasteiger partial charge is 0.0851 e. The number of para-hydroxylation sites is 1. The van der Waals surface area contributed by atoms with E-state index in [9.17, 15) is 5.11 Å². The van der Waals surface area contributed by atoms with Crippen molar-refractivity contribution in [3.63, 3.8) is 0 Å². The Morgan fingerprint density at radius 2 is 2.00 bits per heavy atom. The fraction of sp³-hybridized carbons (Fsp3) is 0.357. The van der Waals surface area contributed by atoms with Crippen LogP contribution in [0.5, 0.6) is 0 Å². The van der Waals surface area contributed by atoms with Gasteiger partial charge in [0.25, 0.3) is 0 Å². The van der Waals surface area contributed by atoms with Gasteiger partial charge >= 0.3 is 0 Å². The van der Waals surface area contributed by atoms with Gasteiger partial charge in [0.05, 0.1) is 12.1 Å². The first-order valence-electron chi connectivity index (χ1n) is 5.63. The lowest BCUT2D eigenvalue weighted by atomic mass is 9.90. The van der Waals surface area contributed by atoms with Crippen molar-refractivity contribution in [1.82, 2.24) is 4.98 Å². The molecule has 0 aliphatic heterocycles. The first-order chi connectivity index (χ1) is 7.93. The van der Waals surface area contributed by atoms with Gasteiger partial charge < -0.3 is 5.11 Å². The van der Waals surface area contributed by atoms with Gasteiger partial charge in [0.1, 0.15) is 0 Å². The Hall–Kier alpha value is -0.930. The van der Waals surface area contributed by atoms with Gasteiger partial charge in [-0.15, -0.1) is 0 Å². The maximum absolute atomic E-state index is 9.47. The van der Waals surface area contributed by atoms with Crippen LogP contribution in [0.3, 0.4) is 0 Å². The van der Waals surface area contributed by atoms with Gasteiger partial charge in [-0.3, -0.25) is 4.98 Å². The zero-order valence-electron chi connectivity index (χ0n) is 10.3. The van der Waals surface area contributed by atoms with E-state index in [1.54, 1.807) is 0 Å². The van der Waals surface area contributed by atoms with Crippen LogP contribution in [0.4, 0.5) is 0 Å². The van der Waals surface area contributed by atoms with Crippen LogP contribution in [0.2, 0.25) is 0 Å². The number of halogens is 1. The van der Waals surface area contributed by atoms with Crippen LogP contribution in [0.1, 0.15) is 32.0 Å². The molecular weight excluding hydrogens is 278 g/mol. The Balaban J connectivity index is 2.81. The standard InChI is InChI=1S/C14H16BrNO/c1-14(2,3)12-7-9(8-17)10-5-4-6-11(15)13(10)16-12/h4-7,17H,8H2,1-3H3. The third kappa shape index (κ3) is 2.35. The van der Waals surface area contributed by atoms with Gasteiger partial charge in [-0.05, 0) is 33.6 Å². The van der Waals surface area contributed by atoms with Crippen molar-refractivity contribution in [1.29, 1.82) is 0 Å². The average Bonchev–Trinajstić information content (AvgIpc) is 2.27. The fourth-order valence-electron chi connectivity index (χ4n) is 1.80. The molecular formula is C14H16BrNO. The zero-order valence-corrected chi connectivity index (χ0v) is 11.9. The first kappa shape index (κ1) is 12.5. The second-order valence-corrected chi connectivity index (χ2v) is 6.07. The summed E-state index contributed by atoms with van der Waals surface area (Å²) in [5.74, 6) is 0. The number of benzene rings is 1. The molecule has 0 saturated heterocycles. The summed E-state index contributed by atoms with van der Waals surface area (Å²) in [4.78, 5) is 4.70. The molecule has 0 atom stereocenters. The summed E-state index contributed by atoms with van der Waals surface area (Å²) < 4.78 is 0.968. The van der Waals surface area contributed by atoms with E-state index in [1.807, 2.05) is 24.3 Å². The lowest BCUT2D eigenvalue weighted by molar-refractivity contribution is 0.283. The topological polar surface area (TPSA) is 33.1 Å². The number of nitrogens with zero attached hydrogens (tertiary/aromatic N) is 1. The molecule has 1 aromatic carbocycles. The monoisotopic (exact) mass is 293 g/mol. The second kappa shape index (κ2) is 4.39. The van der Waals surface area contributed by atoms with Gasteiger partial charge in [0.15, 0.2) is 0 Å². The Labute approximate surface area is 110 Å². The van der Waals surface area contributed by atoms with Crippen LogP contribution in [-0.2, 0) is 12.0 Å². The molecule has 0 saturated carbocycles. The number of hydrogen-bond donors (Lipinski definition) is 1. The Morgan fingerprint density at radius 1 is 1.29 bits per heavy atom. The minimum atomic E-state index is -0.0204. The van der Waals surface area contributed by atoms with E-state index in [-0.39, 0.29) is 12.0 Å². The number of pyridine rings is 1. The molecule has 0 radical (unpaired) electrons. The highest BCUT2D eigenvalue weighted by atomic mass is 79.9. The number of aliphatic hydroxyl groups excluding tert-OH is 1. The molecule has 90 valence electrons. The first-order valence-corrected chi connectivity index (χ1v) is 6.42. The second-order valence-electron chi connectivity index (χ2n) is 5.21. The number of rotatable bonds is 1. The van der Waals surface area contributed by atoms with E-state index >= 15 is 0 Å². The Morgan fingerprint density at radius 3 is 2.59 bits per heavy atom.